The molecule has 0 saturated carbocycles. The first-order chi connectivity index (χ1) is 11.5. The fraction of sp³-hybridized carbons (Fsp3) is 0.385. The first kappa shape index (κ1) is 19.2. The number of rotatable bonds is 8. The van der Waals surface area contributed by atoms with Gasteiger partial charge in [0.25, 0.3) is 0 Å². The first-order valence-corrected chi connectivity index (χ1v) is 9.36. The van der Waals surface area contributed by atoms with Gasteiger partial charge in [0.15, 0.2) is 10.2 Å². The average Bonchev–Trinajstić information content (AvgIpc) is 3.02. The van der Waals surface area contributed by atoms with Gasteiger partial charge in [-0.3, -0.25) is 4.79 Å². The maximum absolute atomic E-state index is 12.0. The number of carbonyl (C=O) groups is 1. The summed E-state index contributed by atoms with van der Waals surface area (Å²) in [6.45, 7) is 2.99. The number of halogens is 2. The van der Waals surface area contributed by atoms with Crippen LogP contribution in [-0.4, -0.2) is 47.1 Å². The summed E-state index contributed by atoms with van der Waals surface area (Å²) in [6.07, 6.45) is 1.45. The zero-order valence-electron chi connectivity index (χ0n) is 12.9. The highest BCUT2D eigenvalue weighted by Crippen LogP contribution is 2.29. The summed E-state index contributed by atoms with van der Waals surface area (Å²) in [7, 11) is 1.63. The van der Waals surface area contributed by atoms with E-state index >= 15 is 0 Å². The lowest BCUT2D eigenvalue weighted by Gasteiger charge is -2.08. The van der Waals surface area contributed by atoms with Crippen molar-refractivity contribution in [2.24, 2.45) is 0 Å². The van der Waals surface area contributed by atoms with Crippen LogP contribution in [0.3, 0.4) is 0 Å². The van der Waals surface area contributed by atoms with E-state index in [2.05, 4.69) is 25.8 Å². The molecule has 0 aliphatic rings. The molecule has 0 saturated heterocycles. The highest BCUT2D eigenvalue weighted by Gasteiger charge is 2.13. The minimum Gasteiger partial charge on any atom is -0.383 e. The monoisotopic (exact) mass is 407 g/mol. The molecule has 0 radical (unpaired) electrons. The lowest BCUT2D eigenvalue weighted by atomic mass is 10.3. The summed E-state index contributed by atoms with van der Waals surface area (Å²) in [5.41, 5.74) is 0.673. The van der Waals surface area contributed by atoms with Gasteiger partial charge in [0.05, 0.1) is 22.4 Å². The van der Waals surface area contributed by atoms with Crippen molar-refractivity contribution in [1.29, 1.82) is 0 Å². The molecule has 2 aromatic heterocycles. The van der Waals surface area contributed by atoms with Gasteiger partial charge in [0.2, 0.25) is 11.0 Å². The quantitative estimate of drug-likeness (QED) is 0.512. The largest absolute Gasteiger partial charge is 0.383 e. The van der Waals surface area contributed by atoms with Crippen LogP contribution in [0.25, 0.3) is 0 Å². The fourth-order valence-corrected chi connectivity index (χ4v) is 3.51. The SMILES string of the molecule is COCCNc1nnc(SCC(=O)Nc2ncc(Cl)c(C)c2Cl)s1. The second kappa shape index (κ2) is 9.38. The van der Waals surface area contributed by atoms with Crippen molar-refractivity contribution in [2.75, 3.05) is 36.6 Å². The van der Waals surface area contributed by atoms with Crippen molar-refractivity contribution in [3.8, 4) is 0 Å². The van der Waals surface area contributed by atoms with Crippen molar-refractivity contribution in [3.05, 3.63) is 21.8 Å². The molecule has 24 heavy (non-hydrogen) atoms. The molecule has 0 aromatic carbocycles. The number of amides is 1. The van der Waals surface area contributed by atoms with Gasteiger partial charge in [-0.15, -0.1) is 10.2 Å². The second-order valence-electron chi connectivity index (χ2n) is 4.52. The number of ether oxygens (including phenoxy) is 1. The fourth-order valence-electron chi connectivity index (χ4n) is 1.54. The lowest BCUT2D eigenvalue weighted by Crippen LogP contribution is -2.15. The molecule has 2 rings (SSSR count). The van der Waals surface area contributed by atoms with Crippen LogP contribution >= 0.6 is 46.3 Å². The Bertz CT molecular complexity index is 714. The summed E-state index contributed by atoms with van der Waals surface area (Å²) in [5.74, 6) is 0.232. The molecule has 0 aliphatic carbocycles. The van der Waals surface area contributed by atoms with Gasteiger partial charge in [0.1, 0.15) is 0 Å². The van der Waals surface area contributed by atoms with Crippen LogP contribution in [0.5, 0.6) is 0 Å². The van der Waals surface area contributed by atoms with Crippen LogP contribution in [-0.2, 0) is 9.53 Å². The molecule has 0 atom stereocenters. The molecule has 0 bridgehead atoms. The Morgan fingerprint density at radius 2 is 2.21 bits per heavy atom. The molecule has 7 nitrogen and oxygen atoms in total. The number of methoxy groups -OCH3 is 1. The Hall–Kier alpha value is -1.13. The van der Waals surface area contributed by atoms with E-state index in [0.29, 0.717) is 44.0 Å². The summed E-state index contributed by atoms with van der Waals surface area (Å²) in [4.78, 5) is 16.0. The predicted octanol–water partition coefficient (Wildman–Crippen LogP) is 3.34. The highest BCUT2D eigenvalue weighted by atomic mass is 35.5. The molecule has 11 heteroatoms. The molecule has 0 fully saturated rings. The number of thioether (sulfide) groups is 1. The average molecular weight is 408 g/mol. The molecular formula is C13H15Cl2N5O2S2. The molecule has 1 amide bonds. The molecule has 0 aliphatic heterocycles. The van der Waals surface area contributed by atoms with Crippen LogP contribution < -0.4 is 10.6 Å². The van der Waals surface area contributed by atoms with Crippen molar-refractivity contribution in [3.63, 3.8) is 0 Å². The molecule has 2 aromatic rings. The van der Waals surface area contributed by atoms with E-state index in [4.69, 9.17) is 27.9 Å². The van der Waals surface area contributed by atoms with Crippen LogP contribution in [0.2, 0.25) is 10.0 Å². The van der Waals surface area contributed by atoms with E-state index in [0.717, 1.165) is 0 Å². The van der Waals surface area contributed by atoms with Crippen LogP contribution in [0.4, 0.5) is 10.9 Å². The number of anilines is 2. The Labute approximate surface area is 157 Å². The lowest BCUT2D eigenvalue weighted by molar-refractivity contribution is -0.113. The number of aromatic nitrogens is 3. The van der Waals surface area contributed by atoms with Gasteiger partial charge < -0.3 is 15.4 Å². The van der Waals surface area contributed by atoms with Gasteiger partial charge in [0, 0.05) is 19.9 Å². The van der Waals surface area contributed by atoms with Gasteiger partial charge in [-0.05, 0) is 12.5 Å². The zero-order chi connectivity index (χ0) is 17.5. The van der Waals surface area contributed by atoms with E-state index in [1.807, 2.05) is 0 Å². The second-order valence-corrected chi connectivity index (χ2v) is 7.51. The Morgan fingerprint density at radius 1 is 1.42 bits per heavy atom. The van der Waals surface area contributed by atoms with E-state index in [1.165, 1.54) is 29.3 Å². The number of nitrogens with zero attached hydrogens (tertiary/aromatic N) is 3. The van der Waals surface area contributed by atoms with E-state index < -0.39 is 0 Å². The standard InChI is InChI=1S/C13H15Cl2N5O2S2/c1-7-8(14)5-17-11(10(7)15)18-9(21)6-23-13-20-19-12(24-13)16-3-4-22-2/h5H,3-4,6H2,1-2H3,(H,16,19)(H,17,18,21). The number of carbonyl (C=O) groups excluding carboxylic acids is 1. The smallest absolute Gasteiger partial charge is 0.236 e. The third kappa shape index (κ3) is 5.45. The Morgan fingerprint density at radius 3 is 2.96 bits per heavy atom. The normalized spacial score (nSPS) is 10.7. The molecular weight excluding hydrogens is 393 g/mol. The zero-order valence-corrected chi connectivity index (χ0v) is 16.1. The Balaban J connectivity index is 1.84. The van der Waals surface area contributed by atoms with Crippen LogP contribution in [0, 0.1) is 6.92 Å². The maximum atomic E-state index is 12.0. The number of pyridine rings is 1. The summed E-state index contributed by atoms with van der Waals surface area (Å²) < 4.78 is 5.63. The van der Waals surface area contributed by atoms with Gasteiger partial charge in [-0.25, -0.2) is 4.98 Å². The third-order valence-corrected chi connectivity index (χ3v) is 5.63. The third-order valence-electron chi connectivity index (χ3n) is 2.78. The Kier molecular flexibility index (Phi) is 7.50. The van der Waals surface area contributed by atoms with Crippen molar-refractivity contribution in [1.82, 2.24) is 15.2 Å². The van der Waals surface area contributed by atoms with Crippen molar-refractivity contribution in [2.45, 2.75) is 11.3 Å². The van der Waals surface area contributed by atoms with Crippen molar-refractivity contribution < 1.29 is 9.53 Å². The van der Waals surface area contributed by atoms with Gasteiger partial charge in [-0.1, -0.05) is 46.3 Å². The molecule has 2 N–H and O–H groups in total. The molecule has 0 spiro atoms. The van der Waals surface area contributed by atoms with Gasteiger partial charge in [-0.2, -0.15) is 0 Å². The minimum atomic E-state index is -0.236. The number of nitrogens with one attached hydrogen (secondary N) is 2. The number of hydrogen-bond acceptors (Lipinski definition) is 8. The maximum Gasteiger partial charge on any atom is 0.236 e. The molecule has 130 valence electrons. The summed E-state index contributed by atoms with van der Waals surface area (Å²) in [5, 5.41) is 15.2. The topological polar surface area (TPSA) is 89.0 Å². The number of hydrogen-bond donors (Lipinski definition) is 2. The highest BCUT2D eigenvalue weighted by molar-refractivity contribution is 8.01. The predicted molar refractivity (Wildman–Crippen MR) is 98.6 cm³/mol. The van der Waals surface area contributed by atoms with Crippen LogP contribution in [0.15, 0.2) is 10.5 Å². The minimum absolute atomic E-state index is 0.173. The van der Waals surface area contributed by atoms with Crippen LogP contribution in [0.1, 0.15) is 5.56 Å². The van der Waals surface area contributed by atoms with E-state index in [9.17, 15) is 4.79 Å². The van der Waals surface area contributed by atoms with E-state index in [-0.39, 0.29) is 11.7 Å². The molecule has 2 heterocycles. The first-order valence-electron chi connectivity index (χ1n) is 6.80. The molecule has 0 unspecified atom stereocenters. The summed E-state index contributed by atoms with van der Waals surface area (Å²) >= 11 is 14.7. The van der Waals surface area contributed by atoms with E-state index in [1.54, 1.807) is 14.0 Å². The van der Waals surface area contributed by atoms with Crippen molar-refractivity contribution >= 4 is 63.2 Å². The van der Waals surface area contributed by atoms with Gasteiger partial charge >= 0.3 is 0 Å². The summed E-state index contributed by atoms with van der Waals surface area (Å²) in [6, 6.07) is 0.